The molecular weight excluding hydrogens is 401 g/mol. The number of fused-ring (bicyclic) bond motifs is 2. The van der Waals surface area contributed by atoms with E-state index in [1.807, 2.05) is 22.8 Å². The van der Waals surface area contributed by atoms with Crippen LogP contribution in [-0.4, -0.2) is 27.5 Å². The fourth-order valence-electron chi connectivity index (χ4n) is 4.09. The molecule has 4 aromatic rings. The van der Waals surface area contributed by atoms with Crippen LogP contribution in [0.4, 0.5) is 4.39 Å². The lowest BCUT2D eigenvalue weighted by atomic mass is 10.1. The summed E-state index contributed by atoms with van der Waals surface area (Å²) in [6.07, 6.45) is 0.719. The Balaban J connectivity index is 1.42. The first-order chi connectivity index (χ1) is 15.7. The molecule has 2 heterocycles. The highest BCUT2D eigenvalue weighted by Crippen LogP contribution is 2.15. The molecule has 0 bridgehead atoms. The van der Waals surface area contributed by atoms with Gasteiger partial charge in [-0.2, -0.15) is 0 Å². The highest BCUT2D eigenvalue weighted by molar-refractivity contribution is 5.79. The van der Waals surface area contributed by atoms with Crippen molar-refractivity contribution >= 4 is 10.9 Å². The van der Waals surface area contributed by atoms with Crippen molar-refractivity contribution in [2.75, 3.05) is 13.1 Å². The molecule has 4 nitrogen and oxygen atoms in total. The van der Waals surface area contributed by atoms with Gasteiger partial charge in [0.2, 0.25) is 0 Å². The Bertz CT molecular complexity index is 1400. The van der Waals surface area contributed by atoms with Crippen molar-refractivity contribution < 1.29 is 4.39 Å². The number of benzene rings is 3. The van der Waals surface area contributed by atoms with Crippen LogP contribution in [-0.2, 0) is 19.5 Å². The van der Waals surface area contributed by atoms with Gasteiger partial charge in [0.1, 0.15) is 11.6 Å². The number of nitrogens with zero attached hydrogens (tertiary/aromatic N) is 3. The molecule has 32 heavy (non-hydrogen) atoms. The van der Waals surface area contributed by atoms with Gasteiger partial charge in [-0.3, -0.25) is 14.3 Å². The average molecular weight is 423 g/mol. The van der Waals surface area contributed by atoms with Crippen LogP contribution in [0.1, 0.15) is 22.5 Å². The van der Waals surface area contributed by atoms with E-state index in [0.29, 0.717) is 23.0 Å². The lowest BCUT2D eigenvalue weighted by molar-refractivity contribution is 0.271. The Hall–Kier alpha value is -3.75. The molecule has 0 aliphatic carbocycles. The van der Waals surface area contributed by atoms with Gasteiger partial charge in [-0.15, -0.1) is 0 Å². The monoisotopic (exact) mass is 423 g/mol. The van der Waals surface area contributed by atoms with E-state index in [-0.39, 0.29) is 11.4 Å². The van der Waals surface area contributed by atoms with Gasteiger partial charge in [0.15, 0.2) is 0 Å². The second-order valence-corrected chi connectivity index (χ2v) is 7.99. The quantitative estimate of drug-likeness (QED) is 0.458. The first kappa shape index (κ1) is 20.2. The molecule has 1 aliphatic heterocycles. The molecule has 0 fully saturated rings. The van der Waals surface area contributed by atoms with Gasteiger partial charge < -0.3 is 0 Å². The van der Waals surface area contributed by atoms with Gasteiger partial charge in [-0.25, -0.2) is 9.37 Å². The zero-order valence-corrected chi connectivity index (χ0v) is 17.6. The van der Waals surface area contributed by atoms with Crippen LogP contribution < -0.4 is 5.56 Å². The summed E-state index contributed by atoms with van der Waals surface area (Å²) in [4.78, 5) is 20.3. The molecule has 0 spiro atoms. The van der Waals surface area contributed by atoms with E-state index in [4.69, 9.17) is 4.98 Å². The maximum absolute atomic E-state index is 13.4. The molecule has 3 aromatic carbocycles. The zero-order chi connectivity index (χ0) is 21.9. The summed E-state index contributed by atoms with van der Waals surface area (Å²) < 4.78 is 15.2. The minimum absolute atomic E-state index is 0.00352. The van der Waals surface area contributed by atoms with Crippen molar-refractivity contribution in [2.24, 2.45) is 0 Å². The Kier molecular flexibility index (Phi) is 5.53. The first-order valence-electron chi connectivity index (χ1n) is 10.7. The van der Waals surface area contributed by atoms with E-state index in [9.17, 15) is 9.18 Å². The third-order valence-corrected chi connectivity index (χ3v) is 5.75. The molecule has 0 saturated heterocycles. The molecule has 0 saturated carbocycles. The normalized spacial score (nSPS) is 13.8. The molecule has 0 unspecified atom stereocenters. The van der Waals surface area contributed by atoms with E-state index >= 15 is 0 Å². The summed E-state index contributed by atoms with van der Waals surface area (Å²) >= 11 is 0. The number of hydrogen-bond donors (Lipinski definition) is 0. The minimum atomic E-state index is -0.311. The average Bonchev–Trinajstić information content (AvgIpc) is 3.01. The predicted molar refractivity (Wildman–Crippen MR) is 124 cm³/mol. The topological polar surface area (TPSA) is 38.1 Å². The van der Waals surface area contributed by atoms with Crippen LogP contribution in [0.15, 0.2) is 77.6 Å². The first-order valence-corrected chi connectivity index (χ1v) is 10.7. The van der Waals surface area contributed by atoms with E-state index in [2.05, 4.69) is 41.0 Å². The fraction of sp³-hybridized carbons (Fsp3) is 0.185. The third kappa shape index (κ3) is 4.32. The molecule has 0 N–H and O–H groups in total. The minimum Gasteiger partial charge on any atom is -0.297 e. The number of hydrogen-bond acceptors (Lipinski definition) is 3. The van der Waals surface area contributed by atoms with Crippen LogP contribution >= 0.6 is 0 Å². The van der Waals surface area contributed by atoms with Gasteiger partial charge in [-0.1, -0.05) is 48.2 Å². The second kappa shape index (κ2) is 8.78. The molecule has 0 atom stereocenters. The SMILES string of the molecule is O=c1c2ccc(C#Cc3cccc(F)c3)cc2nc2n1CCN(Cc1ccccc1)CC2. The highest BCUT2D eigenvalue weighted by Gasteiger charge is 2.18. The number of halogens is 1. The van der Waals surface area contributed by atoms with E-state index in [0.717, 1.165) is 37.4 Å². The smallest absolute Gasteiger partial charge is 0.261 e. The number of aromatic nitrogens is 2. The van der Waals surface area contributed by atoms with E-state index in [1.165, 1.54) is 17.7 Å². The van der Waals surface area contributed by atoms with Crippen molar-refractivity contribution in [1.29, 1.82) is 0 Å². The van der Waals surface area contributed by atoms with Gasteiger partial charge in [0.05, 0.1) is 10.9 Å². The Morgan fingerprint density at radius 3 is 2.50 bits per heavy atom. The van der Waals surface area contributed by atoms with Gasteiger partial charge in [0, 0.05) is 43.7 Å². The summed E-state index contributed by atoms with van der Waals surface area (Å²) in [7, 11) is 0. The Morgan fingerprint density at radius 1 is 0.875 bits per heavy atom. The van der Waals surface area contributed by atoms with Crippen molar-refractivity contribution in [3.05, 3.63) is 111 Å². The number of rotatable bonds is 2. The third-order valence-electron chi connectivity index (χ3n) is 5.75. The largest absolute Gasteiger partial charge is 0.297 e. The van der Waals surface area contributed by atoms with E-state index in [1.54, 1.807) is 18.2 Å². The highest BCUT2D eigenvalue weighted by atomic mass is 19.1. The Morgan fingerprint density at radius 2 is 1.69 bits per heavy atom. The van der Waals surface area contributed by atoms with E-state index < -0.39 is 0 Å². The lowest BCUT2D eigenvalue weighted by Gasteiger charge is -2.19. The van der Waals surface area contributed by atoms with Crippen LogP contribution in [0.25, 0.3) is 10.9 Å². The summed E-state index contributed by atoms with van der Waals surface area (Å²) in [6.45, 7) is 3.16. The van der Waals surface area contributed by atoms with Crippen LogP contribution in [0.3, 0.4) is 0 Å². The molecule has 158 valence electrons. The summed E-state index contributed by atoms with van der Waals surface area (Å²) in [5, 5.41) is 0.599. The molecule has 5 rings (SSSR count). The summed E-state index contributed by atoms with van der Waals surface area (Å²) in [5.41, 5.74) is 3.28. The predicted octanol–water partition coefficient (Wildman–Crippen LogP) is 3.99. The molecular formula is C27H22FN3O. The molecule has 0 radical (unpaired) electrons. The maximum Gasteiger partial charge on any atom is 0.261 e. The van der Waals surface area contributed by atoms with Gasteiger partial charge in [-0.05, 0) is 42.0 Å². The van der Waals surface area contributed by atoms with Gasteiger partial charge >= 0.3 is 0 Å². The molecule has 5 heteroatoms. The van der Waals surface area contributed by atoms with Crippen LogP contribution in [0, 0.1) is 17.7 Å². The second-order valence-electron chi connectivity index (χ2n) is 7.99. The van der Waals surface area contributed by atoms with Crippen LogP contribution in [0.5, 0.6) is 0 Å². The zero-order valence-electron chi connectivity index (χ0n) is 17.6. The lowest BCUT2D eigenvalue weighted by Crippen LogP contribution is -2.28. The Labute approximate surface area is 186 Å². The van der Waals surface area contributed by atoms with Gasteiger partial charge in [0.25, 0.3) is 5.56 Å². The van der Waals surface area contributed by atoms with Crippen molar-refractivity contribution in [1.82, 2.24) is 14.5 Å². The molecule has 1 aromatic heterocycles. The fourth-order valence-corrected chi connectivity index (χ4v) is 4.09. The maximum atomic E-state index is 13.4. The van der Waals surface area contributed by atoms with Crippen LogP contribution in [0.2, 0.25) is 0 Å². The van der Waals surface area contributed by atoms with Crippen molar-refractivity contribution in [2.45, 2.75) is 19.5 Å². The molecule has 0 amide bonds. The van der Waals surface area contributed by atoms with Crippen molar-refractivity contribution in [3.63, 3.8) is 0 Å². The molecule has 1 aliphatic rings. The van der Waals surface area contributed by atoms with Crippen molar-refractivity contribution in [3.8, 4) is 11.8 Å². The standard InChI is InChI=1S/C27H22FN3O/c28-23-8-4-7-20(17-23)9-10-21-11-12-24-25(18-21)29-26-13-14-30(15-16-31(26)27(24)32)19-22-5-2-1-3-6-22/h1-8,11-12,17-18H,13-16,19H2. The summed E-state index contributed by atoms with van der Waals surface area (Å²) in [6, 6.07) is 22.0. The summed E-state index contributed by atoms with van der Waals surface area (Å²) in [5.74, 6) is 6.53.